The van der Waals surface area contributed by atoms with E-state index in [9.17, 15) is 0 Å². The first-order valence-corrected chi connectivity index (χ1v) is 5.98. The van der Waals surface area contributed by atoms with Crippen LogP contribution in [0.5, 0.6) is 0 Å². The fourth-order valence-corrected chi connectivity index (χ4v) is 1.55. The zero-order valence-electron chi connectivity index (χ0n) is 9.60. The van der Waals surface area contributed by atoms with Gasteiger partial charge in [-0.15, -0.1) is 0 Å². The second kappa shape index (κ2) is 10.4. The van der Waals surface area contributed by atoms with Crippen LogP contribution in [0.2, 0.25) is 0 Å². The summed E-state index contributed by atoms with van der Waals surface area (Å²) in [5, 5.41) is 0. The monoisotopic (exact) mass is 198 g/mol. The van der Waals surface area contributed by atoms with Crippen LogP contribution in [-0.2, 0) is 0 Å². The summed E-state index contributed by atoms with van der Waals surface area (Å²) in [6, 6.07) is 0. The molecular formula is C12H26N2. The van der Waals surface area contributed by atoms with Crippen molar-refractivity contribution >= 4 is 0 Å². The summed E-state index contributed by atoms with van der Waals surface area (Å²) in [6.07, 6.45) is 13.8. The summed E-state index contributed by atoms with van der Waals surface area (Å²) in [5.41, 5.74) is 10.7. The third-order valence-corrected chi connectivity index (χ3v) is 2.44. The Morgan fingerprint density at radius 2 is 1.36 bits per heavy atom. The van der Waals surface area contributed by atoms with Gasteiger partial charge < -0.3 is 11.5 Å². The van der Waals surface area contributed by atoms with Gasteiger partial charge in [0.2, 0.25) is 0 Å². The molecule has 2 nitrogen and oxygen atoms in total. The zero-order valence-corrected chi connectivity index (χ0v) is 9.60. The van der Waals surface area contributed by atoms with E-state index in [0.29, 0.717) is 5.82 Å². The number of hydrogen-bond acceptors (Lipinski definition) is 2. The Morgan fingerprint density at radius 3 is 1.86 bits per heavy atom. The molecule has 0 saturated heterocycles. The molecular weight excluding hydrogens is 172 g/mol. The van der Waals surface area contributed by atoms with Crippen LogP contribution in [0.1, 0.15) is 64.7 Å². The molecule has 0 aliphatic carbocycles. The Hall–Kier alpha value is -0.660. The van der Waals surface area contributed by atoms with Crippen LogP contribution in [-0.4, -0.2) is 0 Å². The molecule has 0 aliphatic heterocycles. The predicted octanol–water partition coefficient (Wildman–Crippen LogP) is 3.28. The smallest absolute Gasteiger partial charge is 0.0892 e. The molecule has 0 fully saturated rings. The van der Waals surface area contributed by atoms with Crippen molar-refractivity contribution in [2.24, 2.45) is 11.5 Å². The standard InChI is InChI=1S/C12H26N2/c1-2-3-4-5-6-7-8-9-10-11-12(13)14/h11H,2-10,13-14H2,1H3. The first-order chi connectivity index (χ1) is 6.77. The molecule has 0 aliphatic rings. The predicted molar refractivity (Wildman–Crippen MR) is 63.7 cm³/mol. The fraction of sp³-hybridized carbons (Fsp3) is 0.833. The van der Waals surface area contributed by atoms with Gasteiger partial charge in [0.05, 0.1) is 5.82 Å². The molecule has 0 atom stereocenters. The summed E-state index contributed by atoms with van der Waals surface area (Å²) in [5.74, 6) is 0.466. The van der Waals surface area contributed by atoms with Crippen molar-refractivity contribution < 1.29 is 0 Å². The Labute approximate surface area is 88.7 Å². The number of unbranched alkanes of at least 4 members (excludes halogenated alkanes) is 8. The van der Waals surface area contributed by atoms with Gasteiger partial charge in [0.15, 0.2) is 0 Å². The third-order valence-electron chi connectivity index (χ3n) is 2.44. The number of hydrogen-bond donors (Lipinski definition) is 2. The van der Waals surface area contributed by atoms with Gasteiger partial charge in [-0.3, -0.25) is 0 Å². The highest BCUT2D eigenvalue weighted by Crippen LogP contribution is 2.09. The minimum Gasteiger partial charge on any atom is -0.386 e. The van der Waals surface area contributed by atoms with Gasteiger partial charge in [0.25, 0.3) is 0 Å². The summed E-state index contributed by atoms with van der Waals surface area (Å²) >= 11 is 0. The average Bonchev–Trinajstić information content (AvgIpc) is 2.15. The molecule has 0 bridgehead atoms. The minimum absolute atomic E-state index is 0.466. The van der Waals surface area contributed by atoms with Crippen LogP contribution in [0.3, 0.4) is 0 Å². The lowest BCUT2D eigenvalue weighted by atomic mass is 10.1. The maximum Gasteiger partial charge on any atom is 0.0892 e. The van der Waals surface area contributed by atoms with E-state index in [1.54, 1.807) is 0 Å². The maximum absolute atomic E-state index is 5.33. The molecule has 14 heavy (non-hydrogen) atoms. The maximum atomic E-state index is 5.33. The van der Waals surface area contributed by atoms with Crippen molar-refractivity contribution in [3.63, 3.8) is 0 Å². The fourth-order valence-electron chi connectivity index (χ4n) is 1.55. The van der Waals surface area contributed by atoms with Crippen LogP contribution < -0.4 is 11.5 Å². The van der Waals surface area contributed by atoms with Gasteiger partial charge in [-0.05, 0) is 18.9 Å². The van der Waals surface area contributed by atoms with Gasteiger partial charge in [-0.2, -0.15) is 0 Å². The highest BCUT2D eigenvalue weighted by Gasteiger charge is 1.90. The quantitative estimate of drug-likeness (QED) is 0.559. The van der Waals surface area contributed by atoms with Crippen molar-refractivity contribution in [1.29, 1.82) is 0 Å². The van der Waals surface area contributed by atoms with Crippen molar-refractivity contribution in [3.8, 4) is 0 Å². The average molecular weight is 198 g/mol. The lowest BCUT2D eigenvalue weighted by Crippen LogP contribution is -2.07. The van der Waals surface area contributed by atoms with Crippen LogP contribution in [0, 0.1) is 0 Å². The lowest BCUT2D eigenvalue weighted by molar-refractivity contribution is 0.577. The van der Waals surface area contributed by atoms with E-state index >= 15 is 0 Å². The molecule has 0 rings (SSSR count). The molecule has 0 heterocycles. The third kappa shape index (κ3) is 11.3. The Bertz CT molecular complexity index is 137. The first-order valence-electron chi connectivity index (χ1n) is 5.98. The largest absolute Gasteiger partial charge is 0.386 e. The molecule has 0 aromatic carbocycles. The van der Waals surface area contributed by atoms with Crippen molar-refractivity contribution in [2.75, 3.05) is 0 Å². The summed E-state index contributed by atoms with van der Waals surface area (Å²) in [6.45, 7) is 2.25. The van der Waals surface area contributed by atoms with Gasteiger partial charge >= 0.3 is 0 Å². The van der Waals surface area contributed by atoms with Gasteiger partial charge in [-0.1, -0.05) is 51.9 Å². The number of nitrogens with two attached hydrogens (primary N) is 2. The zero-order chi connectivity index (χ0) is 10.6. The summed E-state index contributed by atoms with van der Waals surface area (Å²) < 4.78 is 0. The molecule has 0 unspecified atom stereocenters. The SMILES string of the molecule is CCCCCCCCCCC=C(N)N. The second-order valence-corrected chi connectivity index (χ2v) is 3.97. The molecule has 0 radical (unpaired) electrons. The van der Waals surface area contributed by atoms with Crippen LogP contribution in [0.15, 0.2) is 11.9 Å². The second-order valence-electron chi connectivity index (χ2n) is 3.97. The highest BCUT2D eigenvalue weighted by molar-refractivity contribution is 4.89. The molecule has 0 aromatic rings. The molecule has 2 heteroatoms. The van der Waals surface area contributed by atoms with E-state index in [0.717, 1.165) is 6.42 Å². The topological polar surface area (TPSA) is 52.0 Å². The normalized spacial score (nSPS) is 10.1. The number of allylic oxidation sites excluding steroid dienone is 1. The molecule has 0 saturated carbocycles. The summed E-state index contributed by atoms with van der Waals surface area (Å²) in [7, 11) is 0. The summed E-state index contributed by atoms with van der Waals surface area (Å²) in [4.78, 5) is 0. The van der Waals surface area contributed by atoms with Crippen molar-refractivity contribution in [1.82, 2.24) is 0 Å². The van der Waals surface area contributed by atoms with Gasteiger partial charge in [0.1, 0.15) is 0 Å². The van der Waals surface area contributed by atoms with Crippen LogP contribution >= 0.6 is 0 Å². The van der Waals surface area contributed by atoms with Gasteiger partial charge in [-0.25, -0.2) is 0 Å². The Morgan fingerprint density at radius 1 is 0.857 bits per heavy atom. The number of rotatable bonds is 9. The van der Waals surface area contributed by atoms with Crippen LogP contribution in [0.25, 0.3) is 0 Å². The molecule has 0 aromatic heterocycles. The van der Waals surface area contributed by atoms with E-state index in [1.807, 2.05) is 6.08 Å². The van der Waals surface area contributed by atoms with E-state index in [4.69, 9.17) is 11.5 Å². The Balaban J connectivity index is 2.96. The molecule has 0 amide bonds. The van der Waals surface area contributed by atoms with Crippen molar-refractivity contribution in [2.45, 2.75) is 64.7 Å². The van der Waals surface area contributed by atoms with E-state index < -0.39 is 0 Å². The highest BCUT2D eigenvalue weighted by atomic mass is 14.8. The lowest BCUT2D eigenvalue weighted by Gasteiger charge is -1.99. The molecule has 4 N–H and O–H groups in total. The van der Waals surface area contributed by atoms with E-state index in [2.05, 4.69) is 6.92 Å². The van der Waals surface area contributed by atoms with E-state index in [-0.39, 0.29) is 0 Å². The molecule has 0 spiro atoms. The van der Waals surface area contributed by atoms with Gasteiger partial charge in [0, 0.05) is 0 Å². The van der Waals surface area contributed by atoms with E-state index in [1.165, 1.54) is 51.4 Å². The van der Waals surface area contributed by atoms with Crippen LogP contribution in [0.4, 0.5) is 0 Å². The Kier molecular flexibility index (Phi) is 9.93. The molecule has 84 valence electrons. The first kappa shape index (κ1) is 13.3. The minimum atomic E-state index is 0.466. The van der Waals surface area contributed by atoms with Crippen molar-refractivity contribution in [3.05, 3.63) is 11.9 Å².